The van der Waals surface area contributed by atoms with E-state index in [4.69, 9.17) is 0 Å². The number of hydrogen-bond donors (Lipinski definition) is 0. The molecular formula is C18H23OP. The van der Waals surface area contributed by atoms with Gasteiger partial charge in [0.05, 0.1) is 0 Å². The van der Waals surface area contributed by atoms with Crippen molar-refractivity contribution in [2.75, 3.05) is 0 Å². The maximum absolute atomic E-state index is 13.1. The normalized spacial score (nSPS) is 11.2. The van der Waals surface area contributed by atoms with Crippen LogP contribution in [0.1, 0.15) is 33.4 Å². The summed E-state index contributed by atoms with van der Waals surface area (Å²) in [5.74, 6) is 0. The third-order valence-electron chi connectivity index (χ3n) is 3.81. The van der Waals surface area contributed by atoms with Crippen LogP contribution in [0.2, 0.25) is 0 Å². The topological polar surface area (TPSA) is 17.1 Å². The summed E-state index contributed by atoms with van der Waals surface area (Å²) >= 11 is 0. The van der Waals surface area contributed by atoms with Gasteiger partial charge in [-0.05, 0) is 63.8 Å². The van der Waals surface area contributed by atoms with Gasteiger partial charge in [0.15, 0.2) is 0 Å². The lowest BCUT2D eigenvalue weighted by Crippen LogP contribution is -2.17. The predicted molar refractivity (Wildman–Crippen MR) is 89.6 cm³/mol. The van der Waals surface area contributed by atoms with E-state index in [1.807, 2.05) is 0 Å². The van der Waals surface area contributed by atoms with Crippen molar-refractivity contribution in [2.24, 2.45) is 0 Å². The Labute approximate surface area is 122 Å². The van der Waals surface area contributed by atoms with Crippen LogP contribution < -0.4 is 10.6 Å². The van der Waals surface area contributed by atoms with Crippen LogP contribution in [-0.4, -0.2) is 0 Å². The van der Waals surface area contributed by atoms with Crippen LogP contribution in [-0.2, 0) is 4.57 Å². The second kappa shape index (κ2) is 5.58. The Morgan fingerprint density at radius 1 is 0.600 bits per heavy atom. The summed E-state index contributed by atoms with van der Waals surface area (Å²) in [6.07, 6.45) is 0. The first kappa shape index (κ1) is 15.1. The average Bonchev–Trinajstić information content (AvgIpc) is 2.25. The fraction of sp³-hybridized carbons (Fsp3) is 0.333. The van der Waals surface area contributed by atoms with E-state index in [1.165, 1.54) is 11.1 Å². The van der Waals surface area contributed by atoms with E-state index in [2.05, 4.69) is 65.8 Å². The van der Waals surface area contributed by atoms with Crippen molar-refractivity contribution in [3.63, 3.8) is 0 Å². The molecule has 0 fully saturated rings. The van der Waals surface area contributed by atoms with Gasteiger partial charge < -0.3 is 4.57 Å². The lowest BCUT2D eigenvalue weighted by atomic mass is 10.1. The first-order valence-corrected chi connectivity index (χ1v) is 8.42. The lowest BCUT2D eigenvalue weighted by Gasteiger charge is -2.16. The van der Waals surface area contributed by atoms with E-state index < -0.39 is 7.80 Å². The van der Waals surface area contributed by atoms with Crippen LogP contribution in [0, 0.1) is 41.5 Å². The monoisotopic (exact) mass is 286 g/mol. The van der Waals surface area contributed by atoms with Gasteiger partial charge in [0.25, 0.3) is 0 Å². The molecule has 0 unspecified atom stereocenters. The molecule has 0 atom stereocenters. The Morgan fingerprint density at radius 2 is 0.850 bits per heavy atom. The summed E-state index contributed by atoms with van der Waals surface area (Å²) in [7, 11) is -1.95. The second-order valence-electron chi connectivity index (χ2n) is 5.88. The quantitative estimate of drug-likeness (QED) is 0.761. The summed E-state index contributed by atoms with van der Waals surface area (Å²) < 4.78 is 13.1. The van der Waals surface area contributed by atoms with Gasteiger partial charge in [-0.25, -0.2) is 0 Å². The first-order chi connectivity index (χ1) is 9.31. The fourth-order valence-corrected chi connectivity index (χ4v) is 5.17. The fourth-order valence-electron chi connectivity index (χ4n) is 3.20. The predicted octanol–water partition coefficient (Wildman–Crippen LogP) is 4.05. The zero-order valence-corrected chi connectivity index (χ0v) is 14.2. The van der Waals surface area contributed by atoms with E-state index in [9.17, 15) is 4.57 Å². The molecule has 0 radical (unpaired) electrons. The lowest BCUT2D eigenvalue weighted by molar-refractivity contribution is 0.598. The summed E-state index contributed by atoms with van der Waals surface area (Å²) in [5.41, 5.74) is 7.04. The van der Waals surface area contributed by atoms with Crippen LogP contribution in [0.15, 0.2) is 24.3 Å². The highest BCUT2D eigenvalue weighted by atomic mass is 31.1. The molecule has 0 bridgehead atoms. The van der Waals surface area contributed by atoms with E-state index >= 15 is 0 Å². The minimum Gasteiger partial charge on any atom is -0.317 e. The summed E-state index contributed by atoms with van der Waals surface area (Å²) in [5, 5.41) is 2.08. The molecule has 0 saturated carbocycles. The molecular weight excluding hydrogens is 263 g/mol. The van der Waals surface area contributed by atoms with Crippen molar-refractivity contribution in [2.45, 2.75) is 41.5 Å². The highest BCUT2D eigenvalue weighted by molar-refractivity contribution is 7.62. The molecule has 0 saturated heterocycles. The summed E-state index contributed by atoms with van der Waals surface area (Å²) in [6.45, 7) is 12.4. The standard InChI is InChI=1S/C18H23OP/c1-11-7-13(3)17(14(4)8-11)20(19)18-15(5)9-12(2)10-16(18)6/h7-10,20H,1-6H3. The van der Waals surface area contributed by atoms with Crippen LogP contribution in [0.4, 0.5) is 0 Å². The van der Waals surface area contributed by atoms with Crippen molar-refractivity contribution in [3.05, 3.63) is 57.6 Å². The van der Waals surface area contributed by atoms with Gasteiger partial charge in [-0.2, -0.15) is 0 Å². The Morgan fingerprint density at radius 3 is 1.10 bits per heavy atom. The molecule has 106 valence electrons. The largest absolute Gasteiger partial charge is 0.317 e. The van der Waals surface area contributed by atoms with Crippen molar-refractivity contribution >= 4 is 18.4 Å². The van der Waals surface area contributed by atoms with Gasteiger partial charge in [-0.1, -0.05) is 35.4 Å². The van der Waals surface area contributed by atoms with Crippen molar-refractivity contribution in [3.8, 4) is 0 Å². The number of aryl methyl sites for hydroxylation is 6. The zero-order valence-electron chi connectivity index (χ0n) is 13.2. The Balaban J connectivity index is 2.64. The van der Waals surface area contributed by atoms with Crippen molar-refractivity contribution in [1.82, 2.24) is 0 Å². The van der Waals surface area contributed by atoms with Gasteiger partial charge in [-0.3, -0.25) is 0 Å². The maximum atomic E-state index is 13.1. The minimum absolute atomic E-state index is 1.04. The van der Waals surface area contributed by atoms with Crippen LogP contribution in [0.3, 0.4) is 0 Å². The smallest absolute Gasteiger partial charge is 0.132 e. The van der Waals surface area contributed by atoms with E-state index in [0.29, 0.717) is 0 Å². The van der Waals surface area contributed by atoms with Crippen LogP contribution in [0.25, 0.3) is 0 Å². The first-order valence-electron chi connectivity index (χ1n) is 7.01. The Hall–Kier alpha value is -1.33. The molecule has 0 spiro atoms. The SMILES string of the molecule is Cc1cc(C)c([PH](=O)c2c(C)cc(C)cc2C)c(C)c1. The molecule has 0 amide bonds. The van der Waals surface area contributed by atoms with Gasteiger partial charge in [0, 0.05) is 10.6 Å². The Kier molecular flexibility index (Phi) is 4.20. The highest BCUT2D eigenvalue weighted by Crippen LogP contribution is 2.28. The summed E-state index contributed by atoms with van der Waals surface area (Å²) in [6, 6.07) is 8.51. The molecule has 2 aromatic carbocycles. The molecule has 2 rings (SSSR count). The van der Waals surface area contributed by atoms with Gasteiger partial charge in [0.1, 0.15) is 7.80 Å². The second-order valence-corrected chi connectivity index (χ2v) is 7.53. The third-order valence-corrected chi connectivity index (χ3v) is 6.29. The molecule has 0 N–H and O–H groups in total. The number of hydrogen-bond acceptors (Lipinski definition) is 1. The molecule has 2 aromatic rings. The van der Waals surface area contributed by atoms with E-state index in [1.54, 1.807) is 0 Å². The number of rotatable bonds is 2. The highest BCUT2D eigenvalue weighted by Gasteiger charge is 2.17. The molecule has 0 aliphatic rings. The van der Waals surface area contributed by atoms with Crippen LogP contribution in [0.5, 0.6) is 0 Å². The molecule has 0 aliphatic carbocycles. The molecule has 0 heterocycles. The van der Waals surface area contributed by atoms with E-state index in [0.717, 1.165) is 32.9 Å². The molecule has 2 heteroatoms. The zero-order chi connectivity index (χ0) is 15.0. The van der Waals surface area contributed by atoms with Gasteiger partial charge in [-0.15, -0.1) is 0 Å². The number of benzene rings is 2. The molecule has 20 heavy (non-hydrogen) atoms. The molecule has 1 nitrogen and oxygen atoms in total. The van der Waals surface area contributed by atoms with Crippen molar-refractivity contribution < 1.29 is 4.57 Å². The van der Waals surface area contributed by atoms with Gasteiger partial charge >= 0.3 is 0 Å². The van der Waals surface area contributed by atoms with Crippen molar-refractivity contribution in [1.29, 1.82) is 0 Å². The average molecular weight is 286 g/mol. The van der Waals surface area contributed by atoms with Crippen LogP contribution >= 0.6 is 7.80 Å². The van der Waals surface area contributed by atoms with Gasteiger partial charge in [0.2, 0.25) is 0 Å². The summed E-state index contributed by atoms with van der Waals surface area (Å²) in [4.78, 5) is 0. The minimum atomic E-state index is -1.95. The third kappa shape index (κ3) is 2.74. The maximum Gasteiger partial charge on any atom is 0.132 e. The molecule has 0 aromatic heterocycles. The Bertz CT molecular complexity index is 593. The molecule has 0 aliphatic heterocycles. The van der Waals surface area contributed by atoms with E-state index in [-0.39, 0.29) is 0 Å².